The minimum Gasteiger partial charge on any atom is -0.315 e. The van der Waals surface area contributed by atoms with E-state index in [-0.39, 0.29) is 11.6 Å². The summed E-state index contributed by atoms with van der Waals surface area (Å²) in [5.41, 5.74) is 5.52. The van der Waals surface area contributed by atoms with E-state index in [2.05, 4.69) is 57.3 Å². The summed E-state index contributed by atoms with van der Waals surface area (Å²) in [5, 5.41) is 3.07. The van der Waals surface area contributed by atoms with Gasteiger partial charge in [0.2, 0.25) is 0 Å². The van der Waals surface area contributed by atoms with Gasteiger partial charge in [0.25, 0.3) is 5.56 Å². The molecule has 0 radical (unpaired) electrons. The van der Waals surface area contributed by atoms with Gasteiger partial charge >= 0.3 is 0 Å². The molecule has 0 aliphatic rings. The first kappa shape index (κ1) is 16.5. The predicted molar refractivity (Wildman–Crippen MR) is 93.4 cm³/mol. The van der Waals surface area contributed by atoms with E-state index in [0.29, 0.717) is 6.54 Å². The van der Waals surface area contributed by atoms with Gasteiger partial charge in [-0.25, -0.2) is 0 Å². The molecule has 0 aliphatic heterocycles. The molecule has 0 bridgehead atoms. The second-order valence-corrected chi connectivity index (χ2v) is 6.02. The Kier molecular flexibility index (Phi) is 5.19. The second kappa shape index (κ2) is 6.93. The lowest BCUT2D eigenvalue weighted by Gasteiger charge is -2.21. The van der Waals surface area contributed by atoms with Crippen LogP contribution in [0, 0.1) is 13.8 Å². The first-order valence-electron chi connectivity index (χ1n) is 7.96. The van der Waals surface area contributed by atoms with Crippen molar-refractivity contribution in [3.8, 4) is 11.3 Å². The SMILES string of the molecule is CCC(C)n1c(-c2ccc(C)cc2C)ccc(CNC)c1=O. The molecule has 2 rings (SSSR count). The van der Waals surface area contributed by atoms with Crippen LogP contribution in [0.1, 0.15) is 43.0 Å². The average Bonchev–Trinajstić information content (AvgIpc) is 2.49. The molecule has 0 fully saturated rings. The van der Waals surface area contributed by atoms with Crippen LogP contribution in [0.15, 0.2) is 35.1 Å². The molecular weight excluding hydrogens is 272 g/mol. The summed E-state index contributed by atoms with van der Waals surface area (Å²) in [6.45, 7) is 9.03. The Labute approximate surface area is 133 Å². The number of aromatic nitrogens is 1. The Morgan fingerprint density at radius 3 is 2.50 bits per heavy atom. The third kappa shape index (κ3) is 3.14. The monoisotopic (exact) mass is 298 g/mol. The summed E-state index contributed by atoms with van der Waals surface area (Å²) in [6.07, 6.45) is 0.931. The van der Waals surface area contributed by atoms with Gasteiger partial charge < -0.3 is 9.88 Å². The summed E-state index contributed by atoms with van der Waals surface area (Å²) in [7, 11) is 1.87. The highest BCUT2D eigenvalue weighted by molar-refractivity contribution is 5.64. The Balaban J connectivity index is 2.70. The quantitative estimate of drug-likeness (QED) is 0.910. The van der Waals surface area contributed by atoms with Gasteiger partial charge in [0.15, 0.2) is 0 Å². The summed E-state index contributed by atoms with van der Waals surface area (Å²) >= 11 is 0. The van der Waals surface area contributed by atoms with Crippen molar-refractivity contribution in [3.63, 3.8) is 0 Å². The third-order valence-corrected chi connectivity index (χ3v) is 4.25. The molecule has 0 amide bonds. The van der Waals surface area contributed by atoms with E-state index in [0.717, 1.165) is 23.2 Å². The fourth-order valence-electron chi connectivity index (χ4n) is 2.86. The summed E-state index contributed by atoms with van der Waals surface area (Å²) in [5.74, 6) is 0. The number of nitrogens with zero attached hydrogens (tertiary/aromatic N) is 1. The number of hydrogen-bond donors (Lipinski definition) is 1. The fourth-order valence-corrected chi connectivity index (χ4v) is 2.86. The van der Waals surface area contributed by atoms with E-state index in [1.807, 2.05) is 17.7 Å². The van der Waals surface area contributed by atoms with Crippen LogP contribution in [0.2, 0.25) is 0 Å². The van der Waals surface area contributed by atoms with Crippen molar-refractivity contribution in [2.24, 2.45) is 0 Å². The van der Waals surface area contributed by atoms with Crippen molar-refractivity contribution in [1.29, 1.82) is 0 Å². The molecule has 0 saturated carbocycles. The molecule has 2 aromatic rings. The Bertz CT molecular complexity index is 716. The highest BCUT2D eigenvalue weighted by Gasteiger charge is 2.15. The van der Waals surface area contributed by atoms with Crippen LogP contribution in [0.25, 0.3) is 11.3 Å². The number of nitrogens with one attached hydrogen (secondary N) is 1. The van der Waals surface area contributed by atoms with Crippen molar-refractivity contribution in [1.82, 2.24) is 9.88 Å². The smallest absolute Gasteiger partial charge is 0.255 e. The zero-order chi connectivity index (χ0) is 16.3. The van der Waals surface area contributed by atoms with Gasteiger partial charge in [-0.15, -0.1) is 0 Å². The number of pyridine rings is 1. The summed E-state index contributed by atoms with van der Waals surface area (Å²) < 4.78 is 1.95. The van der Waals surface area contributed by atoms with Gasteiger partial charge in [0.1, 0.15) is 0 Å². The predicted octanol–water partition coefficient (Wildman–Crippen LogP) is 3.82. The molecule has 22 heavy (non-hydrogen) atoms. The lowest BCUT2D eigenvalue weighted by Crippen LogP contribution is -2.29. The lowest BCUT2D eigenvalue weighted by atomic mass is 10.0. The van der Waals surface area contributed by atoms with Crippen LogP contribution in [0.4, 0.5) is 0 Å². The van der Waals surface area contributed by atoms with E-state index >= 15 is 0 Å². The fraction of sp³-hybridized carbons (Fsp3) is 0.421. The molecule has 0 spiro atoms. The summed E-state index contributed by atoms with van der Waals surface area (Å²) in [6, 6.07) is 10.6. The van der Waals surface area contributed by atoms with Crippen LogP contribution in [0.3, 0.4) is 0 Å². The van der Waals surface area contributed by atoms with E-state index in [1.165, 1.54) is 11.1 Å². The van der Waals surface area contributed by atoms with E-state index < -0.39 is 0 Å². The first-order chi connectivity index (χ1) is 10.5. The van der Waals surface area contributed by atoms with Gasteiger partial charge in [-0.1, -0.05) is 36.8 Å². The lowest BCUT2D eigenvalue weighted by molar-refractivity contribution is 0.515. The maximum atomic E-state index is 12.9. The number of aryl methyl sites for hydroxylation is 2. The minimum atomic E-state index is 0.112. The maximum absolute atomic E-state index is 12.9. The number of rotatable bonds is 5. The summed E-state index contributed by atoms with van der Waals surface area (Å²) in [4.78, 5) is 12.9. The van der Waals surface area contributed by atoms with Crippen molar-refractivity contribution in [2.75, 3.05) is 7.05 Å². The van der Waals surface area contributed by atoms with Gasteiger partial charge in [0, 0.05) is 23.7 Å². The molecule has 1 atom stereocenters. The second-order valence-electron chi connectivity index (χ2n) is 6.02. The third-order valence-electron chi connectivity index (χ3n) is 4.25. The van der Waals surface area contributed by atoms with Crippen molar-refractivity contribution in [2.45, 2.75) is 46.7 Å². The Hall–Kier alpha value is -1.87. The molecule has 1 heterocycles. The topological polar surface area (TPSA) is 34.0 Å². The van der Waals surface area contributed by atoms with Crippen LogP contribution in [-0.2, 0) is 6.54 Å². The Morgan fingerprint density at radius 1 is 1.18 bits per heavy atom. The number of benzene rings is 1. The van der Waals surface area contributed by atoms with Crippen molar-refractivity contribution >= 4 is 0 Å². The largest absolute Gasteiger partial charge is 0.315 e. The molecule has 1 N–H and O–H groups in total. The molecule has 1 unspecified atom stereocenters. The molecule has 118 valence electrons. The first-order valence-corrected chi connectivity index (χ1v) is 7.96. The zero-order valence-electron chi connectivity index (χ0n) is 14.2. The highest BCUT2D eigenvalue weighted by atomic mass is 16.1. The maximum Gasteiger partial charge on any atom is 0.255 e. The van der Waals surface area contributed by atoms with Crippen LogP contribution in [-0.4, -0.2) is 11.6 Å². The molecule has 0 aliphatic carbocycles. The minimum absolute atomic E-state index is 0.112. The van der Waals surface area contributed by atoms with Crippen LogP contribution in [0.5, 0.6) is 0 Å². The van der Waals surface area contributed by atoms with E-state index in [4.69, 9.17) is 0 Å². The molecule has 3 nitrogen and oxygen atoms in total. The standard InChI is InChI=1S/C19H26N2O/c1-6-15(4)21-18(10-8-16(12-20-5)19(21)22)17-9-7-13(2)11-14(17)3/h7-11,15,20H,6,12H2,1-5H3. The van der Waals surface area contributed by atoms with Gasteiger partial charge in [-0.05, 0) is 45.9 Å². The molecule has 1 aromatic heterocycles. The van der Waals surface area contributed by atoms with Crippen molar-refractivity contribution < 1.29 is 0 Å². The molecule has 0 saturated heterocycles. The zero-order valence-corrected chi connectivity index (χ0v) is 14.2. The van der Waals surface area contributed by atoms with Crippen LogP contribution >= 0.6 is 0 Å². The van der Waals surface area contributed by atoms with Gasteiger partial charge in [-0.3, -0.25) is 4.79 Å². The normalized spacial score (nSPS) is 12.4. The van der Waals surface area contributed by atoms with Gasteiger partial charge in [0.05, 0.1) is 5.69 Å². The molecule has 3 heteroatoms. The average molecular weight is 298 g/mol. The molecular formula is C19H26N2O. The Morgan fingerprint density at radius 2 is 1.91 bits per heavy atom. The molecule has 1 aromatic carbocycles. The van der Waals surface area contributed by atoms with E-state index in [1.54, 1.807) is 0 Å². The van der Waals surface area contributed by atoms with Crippen molar-refractivity contribution in [3.05, 3.63) is 57.4 Å². The van der Waals surface area contributed by atoms with Gasteiger partial charge in [-0.2, -0.15) is 0 Å². The number of hydrogen-bond acceptors (Lipinski definition) is 2. The highest BCUT2D eigenvalue weighted by Crippen LogP contribution is 2.26. The van der Waals surface area contributed by atoms with Crippen LogP contribution < -0.4 is 10.9 Å². The van der Waals surface area contributed by atoms with E-state index in [9.17, 15) is 4.79 Å².